The van der Waals surface area contributed by atoms with Gasteiger partial charge in [-0.1, -0.05) is 32.4 Å². The number of aromatic nitrogens is 2. The van der Waals surface area contributed by atoms with E-state index in [-0.39, 0.29) is 112 Å². The van der Waals surface area contributed by atoms with E-state index >= 15 is 8.78 Å². The van der Waals surface area contributed by atoms with Crippen molar-refractivity contribution in [3.8, 4) is 17.0 Å². The third-order valence-corrected chi connectivity index (χ3v) is 14.9. The number of urea groups is 1. The zero-order valence-electron chi connectivity index (χ0n) is 47.4. The first-order chi connectivity index (χ1) is 40.5. The van der Waals surface area contributed by atoms with E-state index in [0.717, 1.165) is 40.1 Å². The Hall–Kier alpha value is -8.39. The minimum Gasteiger partial charge on any atom is -0.508 e. The summed E-state index contributed by atoms with van der Waals surface area (Å²) in [6.45, 7) is 4.10. The summed E-state index contributed by atoms with van der Waals surface area (Å²) in [6, 6.07) is 8.38. The van der Waals surface area contributed by atoms with Crippen molar-refractivity contribution in [2.45, 2.75) is 116 Å². The molecule has 0 unspecified atom stereocenters. The molecule has 2 fully saturated rings. The molecule has 4 heterocycles. The summed E-state index contributed by atoms with van der Waals surface area (Å²) in [4.78, 5) is 112. The predicted molar refractivity (Wildman–Crippen MR) is 299 cm³/mol. The molecule has 2 saturated heterocycles. The number of anilines is 1. The van der Waals surface area contributed by atoms with Gasteiger partial charge in [0.2, 0.25) is 17.7 Å². The van der Waals surface area contributed by atoms with Gasteiger partial charge in [-0.2, -0.15) is 0 Å². The second-order valence-electron chi connectivity index (χ2n) is 21.8. The van der Waals surface area contributed by atoms with Crippen molar-refractivity contribution in [3.05, 3.63) is 113 Å². The number of nitrogens with two attached hydrogens (primary N) is 1. The SMILES string of the molecule is CC(C)[C@H](NC(=O)CCCCCN1C(=O)C=CC1=O)C(=O)N[C@@H](CCCNC(N)=O)C(=O)Nc1ccc(COC(=O)N2C[C@@H](CN(C(=O)[C@H](C)O)[C@@H](c3nc(-c4cc(F)ccc4F)cn3Cc3cc(O)cc(F)c3)C3CCOCC3)[C@@H](F)C2)cc1. The van der Waals surface area contributed by atoms with Crippen LogP contribution < -0.4 is 27.0 Å². The number of phenols is 1. The summed E-state index contributed by atoms with van der Waals surface area (Å²) in [5.41, 5.74) is 5.98. The first kappa shape index (κ1) is 64.2. The highest BCUT2D eigenvalue weighted by molar-refractivity contribution is 6.12. The zero-order valence-corrected chi connectivity index (χ0v) is 47.4. The number of hydrogen-bond donors (Lipinski definition) is 7. The minimum atomic E-state index is -1.70. The number of primary amides is 1. The number of unbranched alkanes of at least 4 members (excludes halogenated alkanes) is 2. The molecule has 3 aromatic carbocycles. The predicted octanol–water partition coefficient (Wildman–Crippen LogP) is 5.50. The molecule has 4 aromatic rings. The summed E-state index contributed by atoms with van der Waals surface area (Å²) >= 11 is 0. The van der Waals surface area contributed by atoms with E-state index in [1.807, 2.05) is 0 Å². The lowest BCUT2D eigenvalue weighted by atomic mass is 9.88. The van der Waals surface area contributed by atoms with Gasteiger partial charge in [-0.15, -0.1) is 0 Å². The number of carbonyl (C=O) groups excluding carboxylic acids is 8. The van der Waals surface area contributed by atoms with Crippen molar-refractivity contribution in [2.75, 3.05) is 51.3 Å². The Labute approximate surface area is 488 Å². The van der Waals surface area contributed by atoms with Gasteiger partial charge in [0.25, 0.3) is 17.7 Å². The van der Waals surface area contributed by atoms with Gasteiger partial charge in [0.1, 0.15) is 60.0 Å². The minimum absolute atomic E-state index is 0.0423. The number of likely N-dealkylation sites (tertiary alicyclic amines) is 1. The summed E-state index contributed by atoms with van der Waals surface area (Å²) in [5.74, 6) is -7.70. The second kappa shape index (κ2) is 29.9. The van der Waals surface area contributed by atoms with Crippen molar-refractivity contribution >= 4 is 53.3 Å². The van der Waals surface area contributed by atoms with Gasteiger partial charge < -0.3 is 61.1 Å². The highest BCUT2D eigenvalue weighted by Gasteiger charge is 2.44. The molecule has 0 spiro atoms. The maximum absolute atomic E-state index is 16.3. The van der Waals surface area contributed by atoms with Crippen LogP contribution in [0.1, 0.15) is 95.1 Å². The number of alkyl halides is 1. The van der Waals surface area contributed by atoms with Crippen LogP contribution in [-0.4, -0.2) is 152 Å². The number of halogens is 4. The lowest BCUT2D eigenvalue weighted by Crippen LogP contribution is -2.54. The van der Waals surface area contributed by atoms with Crippen LogP contribution in [-0.2, 0) is 51.4 Å². The van der Waals surface area contributed by atoms with Crippen LogP contribution in [0.3, 0.4) is 0 Å². The number of phenolic OH excluding ortho intramolecular Hbond substituents is 1. The monoisotopic (exact) mass is 1190 g/mol. The zero-order chi connectivity index (χ0) is 61.5. The molecule has 3 aliphatic rings. The average Bonchev–Trinajstić information content (AvgIpc) is 1.96. The Morgan fingerprint density at radius 2 is 1.58 bits per heavy atom. The van der Waals surface area contributed by atoms with Crippen molar-refractivity contribution in [2.24, 2.45) is 23.5 Å². The summed E-state index contributed by atoms with van der Waals surface area (Å²) in [6.07, 6.45) is 2.16. The Kier molecular flexibility index (Phi) is 22.6. The smallest absolute Gasteiger partial charge is 0.410 e. The second-order valence-corrected chi connectivity index (χ2v) is 21.8. The molecule has 26 heteroatoms. The third kappa shape index (κ3) is 17.8. The molecular formula is C59H72F4N10O12. The number of amides is 9. The van der Waals surface area contributed by atoms with Gasteiger partial charge in [-0.05, 0) is 111 Å². The number of hydrogen-bond acceptors (Lipinski definition) is 13. The Balaban J connectivity index is 0.990. The van der Waals surface area contributed by atoms with E-state index in [0.29, 0.717) is 43.4 Å². The van der Waals surface area contributed by atoms with Crippen molar-refractivity contribution < 1.29 is 75.6 Å². The number of aliphatic hydroxyl groups is 1. The van der Waals surface area contributed by atoms with Crippen LogP contribution in [0.5, 0.6) is 5.75 Å². The van der Waals surface area contributed by atoms with Crippen LogP contribution in [0, 0.1) is 35.2 Å². The molecule has 6 atom stereocenters. The molecule has 458 valence electrons. The molecule has 0 saturated carbocycles. The molecule has 0 bridgehead atoms. The average molecular weight is 1190 g/mol. The molecule has 8 N–H and O–H groups in total. The molecular weight excluding hydrogens is 1120 g/mol. The van der Waals surface area contributed by atoms with Crippen LogP contribution in [0.4, 0.5) is 32.8 Å². The molecule has 85 heavy (non-hydrogen) atoms. The number of aliphatic hydroxyl groups excluding tert-OH is 1. The van der Waals surface area contributed by atoms with Gasteiger partial charge in [-0.3, -0.25) is 33.7 Å². The molecule has 9 amide bonds. The fourth-order valence-electron chi connectivity index (χ4n) is 10.5. The van der Waals surface area contributed by atoms with Gasteiger partial charge in [0, 0.05) is 93.9 Å². The summed E-state index contributed by atoms with van der Waals surface area (Å²) in [7, 11) is 0. The molecule has 0 aliphatic carbocycles. The van der Waals surface area contributed by atoms with Gasteiger partial charge in [0.15, 0.2) is 0 Å². The van der Waals surface area contributed by atoms with E-state index in [4.69, 9.17) is 20.2 Å². The number of carbonyl (C=O) groups is 8. The molecule has 7 rings (SSSR count). The number of ether oxygens (including phenoxy) is 2. The van der Waals surface area contributed by atoms with Crippen LogP contribution in [0.2, 0.25) is 0 Å². The van der Waals surface area contributed by atoms with E-state index in [1.165, 1.54) is 52.9 Å². The number of rotatable bonds is 27. The van der Waals surface area contributed by atoms with Gasteiger partial charge >= 0.3 is 12.1 Å². The van der Waals surface area contributed by atoms with E-state index in [1.54, 1.807) is 26.0 Å². The van der Waals surface area contributed by atoms with Crippen molar-refractivity contribution in [1.29, 1.82) is 0 Å². The maximum atomic E-state index is 16.3. The van der Waals surface area contributed by atoms with Crippen molar-refractivity contribution in [3.63, 3.8) is 0 Å². The number of nitrogens with one attached hydrogen (secondary N) is 4. The lowest BCUT2D eigenvalue weighted by Gasteiger charge is -2.40. The standard InChI is InChI=1S/C59H72F4N10O12/c1-34(2)52(69-49(76)9-5-4-6-21-72-50(77)16-17-51(72)78)56(80)68-47(8-7-20-65-58(64)82)55(79)66-42-13-10-36(11-14-42)33-85-59(83)71-29-39(46(63)31-71)30-73(57(81)35(3)74)53(38-18-22-84-23-19-38)54-67-48(44-27-40(60)12-15-45(44)62)32-70(54)28-37-24-41(61)26-43(75)25-37/h10-17,24-27,32,34-35,38-39,46-47,52-53,74-75H,4-9,18-23,28-31,33H2,1-3H3,(H,66,79)(H,68,80)(H,69,76)(H3,64,65,82)/t35-,39-,46-,47-,52-,53+/m0/s1. The normalized spacial score (nSPS) is 17.6. The maximum Gasteiger partial charge on any atom is 0.410 e. The molecule has 1 aromatic heterocycles. The number of nitrogens with zero attached hydrogens (tertiary/aromatic N) is 5. The van der Waals surface area contributed by atoms with E-state index in [9.17, 15) is 57.4 Å². The number of imidazole rings is 1. The third-order valence-electron chi connectivity index (χ3n) is 14.9. The Morgan fingerprint density at radius 1 is 0.859 bits per heavy atom. The highest BCUT2D eigenvalue weighted by atomic mass is 19.1. The quantitative estimate of drug-likeness (QED) is 0.0221. The first-order valence-electron chi connectivity index (χ1n) is 28.2. The fraction of sp³-hybridized carbons (Fsp3) is 0.475. The van der Waals surface area contributed by atoms with E-state index in [2.05, 4.69) is 21.3 Å². The highest BCUT2D eigenvalue weighted by Crippen LogP contribution is 2.39. The molecule has 22 nitrogen and oxygen atoms in total. The van der Waals surface area contributed by atoms with Gasteiger partial charge in [0.05, 0.1) is 18.3 Å². The number of aromatic hydroxyl groups is 1. The lowest BCUT2D eigenvalue weighted by molar-refractivity contribution is -0.145. The van der Waals surface area contributed by atoms with Crippen molar-refractivity contribution in [1.82, 2.24) is 40.2 Å². The molecule has 0 radical (unpaired) electrons. The number of imide groups is 1. The number of benzene rings is 3. The largest absolute Gasteiger partial charge is 0.508 e. The van der Waals surface area contributed by atoms with E-state index < -0.39 is 108 Å². The summed E-state index contributed by atoms with van der Waals surface area (Å²) < 4.78 is 73.8. The topological polar surface area (TPSA) is 297 Å². The molecule has 3 aliphatic heterocycles. The fourth-order valence-corrected chi connectivity index (χ4v) is 10.5. The van der Waals surface area contributed by atoms with Crippen LogP contribution >= 0.6 is 0 Å². The van der Waals surface area contributed by atoms with Gasteiger partial charge in [-0.25, -0.2) is 32.1 Å². The Morgan fingerprint density at radius 3 is 2.25 bits per heavy atom. The first-order valence-corrected chi connectivity index (χ1v) is 28.2. The summed E-state index contributed by atoms with van der Waals surface area (Å²) in [5, 5.41) is 31.8. The van der Waals surface area contributed by atoms with Crippen LogP contribution in [0.15, 0.2) is 79.0 Å². The van der Waals surface area contributed by atoms with Crippen LogP contribution in [0.25, 0.3) is 11.3 Å². The Bertz CT molecular complexity index is 3050.